The molecule has 18 heavy (non-hydrogen) atoms. The van der Waals surface area contributed by atoms with Crippen LogP contribution in [0.5, 0.6) is 0 Å². The van der Waals surface area contributed by atoms with Gasteiger partial charge in [0.05, 0.1) is 12.2 Å². The summed E-state index contributed by atoms with van der Waals surface area (Å²) in [6, 6.07) is 2.76. The lowest BCUT2D eigenvalue weighted by Crippen LogP contribution is -2.52. The van der Waals surface area contributed by atoms with Gasteiger partial charge in [0.25, 0.3) is 0 Å². The molecule has 0 bridgehead atoms. The van der Waals surface area contributed by atoms with Gasteiger partial charge in [-0.05, 0) is 36.8 Å². The van der Waals surface area contributed by atoms with Crippen molar-refractivity contribution in [2.75, 3.05) is 20.3 Å². The fraction of sp³-hybridized carbons (Fsp3) is 0.714. The number of hydrogen-bond donors (Lipinski definition) is 0. The van der Waals surface area contributed by atoms with Crippen LogP contribution in [0.1, 0.15) is 23.3 Å². The molecule has 0 unspecified atom stereocenters. The number of aryl methyl sites for hydroxylation is 1. The summed E-state index contributed by atoms with van der Waals surface area (Å²) in [5, 5.41) is 2.19. The number of ether oxygens (including phenoxy) is 2. The fourth-order valence-corrected chi connectivity index (χ4v) is 4.10. The Hall–Kier alpha value is -0.420. The molecule has 0 saturated carbocycles. The standard InChI is InChI=1S/C14H21NO2S/c1-10-5-8-18-13(10)9-15-6-3-12(16-2)14-11(15)4-7-17-14/h5,8,11-12,14H,3-4,6-7,9H2,1-2H3/t11-,12+,14-/m0/s1. The highest BCUT2D eigenvalue weighted by Gasteiger charge is 2.42. The van der Waals surface area contributed by atoms with Crippen LogP contribution in [0.3, 0.4) is 0 Å². The molecular formula is C14H21NO2S. The molecule has 100 valence electrons. The van der Waals surface area contributed by atoms with Crippen LogP contribution in [0.4, 0.5) is 0 Å². The van der Waals surface area contributed by atoms with Crippen molar-refractivity contribution in [3.8, 4) is 0 Å². The summed E-state index contributed by atoms with van der Waals surface area (Å²) in [6.07, 6.45) is 2.80. The summed E-state index contributed by atoms with van der Waals surface area (Å²) in [5.41, 5.74) is 1.42. The second-order valence-electron chi connectivity index (χ2n) is 5.25. The van der Waals surface area contributed by atoms with Crippen LogP contribution in [0.15, 0.2) is 11.4 Å². The van der Waals surface area contributed by atoms with Crippen molar-refractivity contribution in [3.63, 3.8) is 0 Å². The molecule has 2 saturated heterocycles. The van der Waals surface area contributed by atoms with Gasteiger partial charge in [0.1, 0.15) is 0 Å². The second kappa shape index (κ2) is 5.29. The van der Waals surface area contributed by atoms with E-state index >= 15 is 0 Å². The van der Waals surface area contributed by atoms with E-state index in [-0.39, 0.29) is 12.2 Å². The highest BCUT2D eigenvalue weighted by atomic mass is 32.1. The van der Waals surface area contributed by atoms with Gasteiger partial charge in [-0.3, -0.25) is 4.90 Å². The van der Waals surface area contributed by atoms with Crippen LogP contribution in [0, 0.1) is 6.92 Å². The Morgan fingerprint density at radius 1 is 1.50 bits per heavy atom. The minimum atomic E-state index is 0.281. The molecule has 4 heteroatoms. The fourth-order valence-electron chi connectivity index (χ4n) is 3.17. The third kappa shape index (κ3) is 2.23. The summed E-state index contributed by atoms with van der Waals surface area (Å²) in [7, 11) is 1.81. The van der Waals surface area contributed by atoms with Crippen LogP contribution in [-0.2, 0) is 16.0 Å². The molecule has 2 aliphatic heterocycles. The molecule has 2 aliphatic rings. The molecule has 1 aromatic rings. The molecular weight excluding hydrogens is 246 g/mol. The van der Waals surface area contributed by atoms with Crippen molar-refractivity contribution in [1.82, 2.24) is 4.90 Å². The van der Waals surface area contributed by atoms with Crippen LogP contribution in [-0.4, -0.2) is 43.4 Å². The maximum absolute atomic E-state index is 5.88. The number of piperidine rings is 1. The molecule has 3 rings (SSSR count). The van der Waals surface area contributed by atoms with Gasteiger partial charge in [0.15, 0.2) is 0 Å². The largest absolute Gasteiger partial charge is 0.379 e. The third-order valence-corrected chi connectivity index (χ3v) is 5.26. The molecule has 0 aliphatic carbocycles. The van der Waals surface area contributed by atoms with Crippen LogP contribution < -0.4 is 0 Å². The molecule has 0 radical (unpaired) electrons. The quantitative estimate of drug-likeness (QED) is 0.839. The van der Waals surface area contributed by atoms with Crippen molar-refractivity contribution in [2.45, 2.75) is 44.6 Å². The zero-order valence-corrected chi connectivity index (χ0v) is 11.9. The molecule has 0 amide bonds. The summed E-state index contributed by atoms with van der Waals surface area (Å²) in [6.45, 7) is 5.29. The first-order valence-corrected chi connectivity index (χ1v) is 7.59. The van der Waals surface area contributed by atoms with Crippen molar-refractivity contribution < 1.29 is 9.47 Å². The van der Waals surface area contributed by atoms with Gasteiger partial charge >= 0.3 is 0 Å². The molecule has 3 heterocycles. The molecule has 2 fully saturated rings. The van der Waals surface area contributed by atoms with Crippen molar-refractivity contribution in [1.29, 1.82) is 0 Å². The minimum Gasteiger partial charge on any atom is -0.379 e. The maximum Gasteiger partial charge on any atom is 0.0992 e. The Labute approximate surface area is 113 Å². The van der Waals surface area contributed by atoms with E-state index in [2.05, 4.69) is 23.3 Å². The predicted molar refractivity (Wildman–Crippen MR) is 73.0 cm³/mol. The predicted octanol–water partition coefficient (Wildman–Crippen LogP) is 2.43. The zero-order valence-electron chi connectivity index (χ0n) is 11.1. The smallest absolute Gasteiger partial charge is 0.0992 e. The summed E-state index contributed by atoms with van der Waals surface area (Å²) < 4.78 is 11.4. The van der Waals surface area contributed by atoms with Crippen LogP contribution in [0.25, 0.3) is 0 Å². The first-order chi connectivity index (χ1) is 8.79. The van der Waals surface area contributed by atoms with Gasteiger partial charge in [-0.1, -0.05) is 0 Å². The van der Waals surface area contributed by atoms with Crippen LogP contribution in [0.2, 0.25) is 0 Å². The number of methoxy groups -OCH3 is 1. The number of thiophene rings is 1. The minimum absolute atomic E-state index is 0.281. The average molecular weight is 267 g/mol. The monoisotopic (exact) mass is 267 g/mol. The van der Waals surface area contributed by atoms with E-state index < -0.39 is 0 Å². The van der Waals surface area contributed by atoms with E-state index in [1.165, 1.54) is 10.4 Å². The van der Waals surface area contributed by atoms with E-state index in [0.717, 1.165) is 32.5 Å². The first-order valence-electron chi connectivity index (χ1n) is 6.71. The Kier molecular flexibility index (Phi) is 3.71. The molecule has 3 atom stereocenters. The molecule has 0 spiro atoms. The molecule has 0 aromatic carbocycles. The lowest BCUT2D eigenvalue weighted by atomic mass is 9.95. The summed E-state index contributed by atoms with van der Waals surface area (Å²) in [5.74, 6) is 0. The topological polar surface area (TPSA) is 21.7 Å². The highest BCUT2D eigenvalue weighted by molar-refractivity contribution is 7.10. The number of nitrogens with zero attached hydrogens (tertiary/aromatic N) is 1. The van der Waals surface area contributed by atoms with Gasteiger partial charge in [-0.15, -0.1) is 11.3 Å². The lowest BCUT2D eigenvalue weighted by molar-refractivity contribution is -0.0843. The van der Waals surface area contributed by atoms with Crippen molar-refractivity contribution in [2.24, 2.45) is 0 Å². The van der Waals surface area contributed by atoms with Crippen molar-refractivity contribution in [3.05, 3.63) is 21.9 Å². The van der Waals surface area contributed by atoms with E-state index in [4.69, 9.17) is 9.47 Å². The van der Waals surface area contributed by atoms with Gasteiger partial charge in [-0.2, -0.15) is 0 Å². The second-order valence-corrected chi connectivity index (χ2v) is 6.25. The average Bonchev–Trinajstić information content (AvgIpc) is 3.00. The summed E-state index contributed by atoms with van der Waals surface area (Å²) >= 11 is 1.87. The first kappa shape index (κ1) is 12.6. The highest BCUT2D eigenvalue weighted by Crippen LogP contribution is 2.32. The third-order valence-electron chi connectivity index (χ3n) is 4.26. The number of likely N-dealkylation sites (tertiary alicyclic amines) is 1. The number of hydrogen-bond acceptors (Lipinski definition) is 4. The van der Waals surface area contributed by atoms with Gasteiger partial charge < -0.3 is 9.47 Å². The van der Waals surface area contributed by atoms with E-state index in [9.17, 15) is 0 Å². The Morgan fingerprint density at radius 3 is 3.11 bits per heavy atom. The normalized spacial score (nSPS) is 32.7. The number of fused-ring (bicyclic) bond motifs is 1. The van der Waals surface area contributed by atoms with Gasteiger partial charge in [0.2, 0.25) is 0 Å². The molecule has 3 nitrogen and oxygen atoms in total. The Morgan fingerprint density at radius 2 is 2.39 bits per heavy atom. The Balaban J connectivity index is 1.72. The maximum atomic E-state index is 5.88. The molecule has 0 N–H and O–H groups in total. The molecule has 1 aromatic heterocycles. The zero-order chi connectivity index (χ0) is 12.5. The van der Waals surface area contributed by atoms with E-state index in [0.29, 0.717) is 6.04 Å². The van der Waals surface area contributed by atoms with Gasteiger partial charge in [-0.25, -0.2) is 0 Å². The number of rotatable bonds is 3. The van der Waals surface area contributed by atoms with Crippen molar-refractivity contribution >= 4 is 11.3 Å². The van der Waals surface area contributed by atoms with E-state index in [1.807, 2.05) is 18.4 Å². The van der Waals surface area contributed by atoms with Crippen LogP contribution >= 0.6 is 11.3 Å². The van der Waals surface area contributed by atoms with E-state index in [1.54, 1.807) is 0 Å². The lowest BCUT2D eigenvalue weighted by Gasteiger charge is -2.40. The Bertz CT molecular complexity index is 406. The SMILES string of the molecule is CO[C@@H]1CCN(Cc2sccc2C)[C@H]2CCO[C@H]12. The van der Waals surface area contributed by atoms with Gasteiger partial charge in [0, 0.05) is 37.7 Å². The summed E-state index contributed by atoms with van der Waals surface area (Å²) in [4.78, 5) is 4.09.